The van der Waals surface area contributed by atoms with Crippen molar-refractivity contribution in [2.75, 3.05) is 6.54 Å². The molecule has 1 aliphatic rings. The number of rotatable bonds is 1. The molecule has 0 amide bonds. The van der Waals surface area contributed by atoms with Crippen LogP contribution in [-0.4, -0.2) is 11.1 Å². The van der Waals surface area contributed by atoms with Gasteiger partial charge in [0.1, 0.15) is 0 Å². The van der Waals surface area contributed by atoms with Crippen LogP contribution in [0, 0.1) is 6.92 Å². The van der Waals surface area contributed by atoms with Crippen LogP contribution in [-0.2, 0) is 12.1 Å². The van der Waals surface area contributed by atoms with Gasteiger partial charge in [0.25, 0.3) is 0 Å². The SMILES string of the molecule is Cc1cc2n(c1)CCNC2(C)c1ccccc1. The highest BCUT2D eigenvalue weighted by Crippen LogP contribution is 2.32. The average molecular weight is 226 g/mol. The summed E-state index contributed by atoms with van der Waals surface area (Å²) in [5.41, 5.74) is 3.98. The van der Waals surface area contributed by atoms with Crippen LogP contribution in [0.1, 0.15) is 23.7 Å². The predicted molar refractivity (Wildman–Crippen MR) is 70.1 cm³/mol. The molecule has 0 saturated carbocycles. The van der Waals surface area contributed by atoms with Gasteiger partial charge < -0.3 is 9.88 Å². The van der Waals surface area contributed by atoms with Crippen molar-refractivity contribution in [2.45, 2.75) is 25.9 Å². The van der Waals surface area contributed by atoms with Crippen molar-refractivity contribution in [3.8, 4) is 0 Å². The fourth-order valence-corrected chi connectivity index (χ4v) is 2.81. The van der Waals surface area contributed by atoms with Gasteiger partial charge in [-0.2, -0.15) is 0 Å². The second-order valence-electron chi connectivity index (χ2n) is 5.01. The highest BCUT2D eigenvalue weighted by Gasteiger charge is 2.33. The van der Waals surface area contributed by atoms with Crippen molar-refractivity contribution in [2.24, 2.45) is 0 Å². The monoisotopic (exact) mass is 226 g/mol. The molecular weight excluding hydrogens is 208 g/mol. The second-order valence-corrected chi connectivity index (χ2v) is 5.01. The maximum atomic E-state index is 3.66. The minimum atomic E-state index is -0.0617. The number of aromatic nitrogens is 1. The molecule has 1 unspecified atom stereocenters. The standard InChI is InChI=1S/C15H18N2/c1-12-10-14-15(2,13-6-4-3-5-7-13)16-8-9-17(14)11-12/h3-7,10-11,16H,8-9H2,1-2H3. The first-order chi connectivity index (χ1) is 8.20. The Kier molecular flexibility index (Phi) is 2.33. The Labute approximate surface area is 102 Å². The van der Waals surface area contributed by atoms with Crippen LogP contribution >= 0.6 is 0 Å². The number of hydrogen-bond acceptors (Lipinski definition) is 1. The largest absolute Gasteiger partial charge is 0.348 e. The van der Waals surface area contributed by atoms with Crippen molar-refractivity contribution >= 4 is 0 Å². The van der Waals surface area contributed by atoms with Crippen LogP contribution < -0.4 is 5.32 Å². The van der Waals surface area contributed by atoms with Gasteiger partial charge in [0.05, 0.1) is 5.54 Å². The van der Waals surface area contributed by atoms with E-state index in [9.17, 15) is 0 Å². The van der Waals surface area contributed by atoms with Gasteiger partial charge in [0, 0.05) is 25.0 Å². The Bertz CT molecular complexity index is 527. The number of fused-ring (bicyclic) bond motifs is 1. The zero-order valence-corrected chi connectivity index (χ0v) is 10.4. The van der Waals surface area contributed by atoms with Crippen molar-refractivity contribution in [1.29, 1.82) is 0 Å². The molecule has 0 aliphatic carbocycles. The van der Waals surface area contributed by atoms with E-state index >= 15 is 0 Å². The highest BCUT2D eigenvalue weighted by molar-refractivity contribution is 5.37. The fraction of sp³-hybridized carbons (Fsp3) is 0.333. The van der Waals surface area contributed by atoms with Crippen LogP contribution in [0.5, 0.6) is 0 Å². The summed E-state index contributed by atoms with van der Waals surface area (Å²) in [6, 6.07) is 13.0. The quantitative estimate of drug-likeness (QED) is 0.791. The Morgan fingerprint density at radius 1 is 1.24 bits per heavy atom. The maximum absolute atomic E-state index is 3.66. The molecule has 1 N–H and O–H groups in total. The summed E-state index contributed by atoms with van der Waals surface area (Å²) >= 11 is 0. The number of benzene rings is 1. The van der Waals surface area contributed by atoms with E-state index in [-0.39, 0.29) is 5.54 Å². The van der Waals surface area contributed by atoms with E-state index in [2.05, 4.69) is 66.3 Å². The van der Waals surface area contributed by atoms with Crippen LogP contribution in [0.3, 0.4) is 0 Å². The highest BCUT2D eigenvalue weighted by atomic mass is 15.1. The van der Waals surface area contributed by atoms with Crippen molar-refractivity contribution in [3.05, 3.63) is 59.4 Å². The number of nitrogens with one attached hydrogen (secondary N) is 1. The molecule has 1 aromatic heterocycles. The predicted octanol–water partition coefficient (Wildman–Crippen LogP) is 2.66. The minimum absolute atomic E-state index is 0.0617. The third-order valence-electron chi connectivity index (χ3n) is 3.73. The van der Waals surface area contributed by atoms with Crippen LogP contribution in [0.25, 0.3) is 0 Å². The van der Waals surface area contributed by atoms with Gasteiger partial charge in [-0.05, 0) is 31.0 Å². The van der Waals surface area contributed by atoms with Gasteiger partial charge in [-0.15, -0.1) is 0 Å². The van der Waals surface area contributed by atoms with Crippen LogP contribution in [0.15, 0.2) is 42.6 Å². The summed E-state index contributed by atoms with van der Waals surface area (Å²) in [6.45, 7) is 6.52. The van der Waals surface area contributed by atoms with Crippen LogP contribution in [0.4, 0.5) is 0 Å². The lowest BCUT2D eigenvalue weighted by Gasteiger charge is -2.37. The molecule has 1 atom stereocenters. The van der Waals surface area contributed by atoms with Gasteiger partial charge in [0.2, 0.25) is 0 Å². The first-order valence-corrected chi connectivity index (χ1v) is 6.18. The summed E-state index contributed by atoms with van der Waals surface area (Å²) in [6.07, 6.45) is 2.25. The Hall–Kier alpha value is -1.54. The summed E-state index contributed by atoms with van der Waals surface area (Å²) in [5, 5.41) is 3.66. The molecule has 0 fully saturated rings. The molecule has 0 bridgehead atoms. The van der Waals surface area contributed by atoms with E-state index < -0.39 is 0 Å². The minimum Gasteiger partial charge on any atom is -0.348 e. The third-order valence-corrected chi connectivity index (χ3v) is 3.73. The van der Waals surface area contributed by atoms with Gasteiger partial charge in [0.15, 0.2) is 0 Å². The van der Waals surface area contributed by atoms with E-state index in [0.29, 0.717) is 0 Å². The molecule has 2 heteroatoms. The molecule has 2 nitrogen and oxygen atoms in total. The normalized spacial score (nSPS) is 23.4. The summed E-state index contributed by atoms with van der Waals surface area (Å²) in [4.78, 5) is 0. The first-order valence-electron chi connectivity index (χ1n) is 6.18. The number of hydrogen-bond donors (Lipinski definition) is 1. The summed E-state index contributed by atoms with van der Waals surface area (Å²) in [7, 11) is 0. The topological polar surface area (TPSA) is 17.0 Å². The molecule has 0 saturated heterocycles. The number of aryl methyl sites for hydroxylation is 1. The van der Waals surface area contributed by atoms with Gasteiger partial charge >= 0.3 is 0 Å². The van der Waals surface area contributed by atoms with E-state index in [0.717, 1.165) is 13.1 Å². The molecule has 2 heterocycles. The summed E-state index contributed by atoms with van der Waals surface area (Å²) in [5.74, 6) is 0. The molecule has 1 aromatic carbocycles. The molecule has 1 aliphatic heterocycles. The Morgan fingerprint density at radius 2 is 2.00 bits per heavy atom. The molecule has 0 spiro atoms. The molecule has 17 heavy (non-hydrogen) atoms. The lowest BCUT2D eigenvalue weighted by Crippen LogP contribution is -2.47. The van der Waals surface area contributed by atoms with Gasteiger partial charge in [-0.25, -0.2) is 0 Å². The Morgan fingerprint density at radius 3 is 2.76 bits per heavy atom. The molecule has 3 rings (SSSR count). The smallest absolute Gasteiger partial charge is 0.0815 e. The second kappa shape index (κ2) is 3.74. The van der Waals surface area contributed by atoms with Crippen LogP contribution in [0.2, 0.25) is 0 Å². The van der Waals surface area contributed by atoms with Crippen molar-refractivity contribution in [3.63, 3.8) is 0 Å². The molecule has 2 aromatic rings. The summed E-state index contributed by atoms with van der Waals surface area (Å²) < 4.78 is 2.37. The lowest BCUT2D eigenvalue weighted by molar-refractivity contribution is 0.353. The average Bonchev–Trinajstić information content (AvgIpc) is 2.73. The Balaban J connectivity index is 2.15. The zero-order valence-electron chi connectivity index (χ0n) is 10.4. The van der Waals surface area contributed by atoms with Gasteiger partial charge in [-0.3, -0.25) is 0 Å². The van der Waals surface area contributed by atoms with E-state index in [4.69, 9.17) is 0 Å². The fourth-order valence-electron chi connectivity index (χ4n) is 2.81. The van der Waals surface area contributed by atoms with Crippen molar-refractivity contribution < 1.29 is 0 Å². The maximum Gasteiger partial charge on any atom is 0.0815 e. The molecular formula is C15H18N2. The third kappa shape index (κ3) is 1.60. The van der Waals surface area contributed by atoms with E-state index in [1.54, 1.807) is 0 Å². The molecule has 88 valence electrons. The lowest BCUT2D eigenvalue weighted by atomic mass is 9.87. The zero-order chi connectivity index (χ0) is 11.9. The first kappa shape index (κ1) is 10.6. The van der Waals surface area contributed by atoms with E-state index in [1.807, 2.05) is 0 Å². The van der Waals surface area contributed by atoms with Crippen molar-refractivity contribution in [1.82, 2.24) is 9.88 Å². The number of nitrogens with zero attached hydrogens (tertiary/aromatic N) is 1. The van der Waals surface area contributed by atoms with E-state index in [1.165, 1.54) is 16.8 Å². The van der Waals surface area contributed by atoms with Gasteiger partial charge in [-0.1, -0.05) is 30.3 Å². The molecule has 0 radical (unpaired) electrons.